The van der Waals surface area contributed by atoms with Gasteiger partial charge in [0.25, 0.3) is 5.69 Å². The minimum Gasteiger partial charge on any atom is -0.358 e. The van der Waals surface area contributed by atoms with E-state index in [-0.39, 0.29) is 0 Å². The van der Waals surface area contributed by atoms with Crippen molar-refractivity contribution in [2.24, 2.45) is 0 Å². The standard InChI is InChI=1S/C5H2FN3O4/c6-4-1-3(8(10)11)2-5(7-4)9(12)13/h1-2H. The van der Waals surface area contributed by atoms with Gasteiger partial charge in [-0.25, -0.2) is 0 Å². The summed E-state index contributed by atoms with van der Waals surface area (Å²) >= 11 is 0. The predicted molar refractivity (Wildman–Crippen MR) is 37.5 cm³/mol. The molecule has 0 saturated heterocycles. The zero-order chi connectivity index (χ0) is 10.0. The maximum absolute atomic E-state index is 12.4. The summed E-state index contributed by atoms with van der Waals surface area (Å²) in [5.41, 5.74) is -0.695. The molecule has 1 rings (SSSR count). The summed E-state index contributed by atoms with van der Waals surface area (Å²) in [7, 11) is 0. The maximum Gasteiger partial charge on any atom is 0.373 e. The molecule has 68 valence electrons. The fraction of sp³-hybridized carbons (Fsp3) is 0. The number of hydrogen-bond acceptors (Lipinski definition) is 5. The van der Waals surface area contributed by atoms with E-state index in [0.29, 0.717) is 12.1 Å². The molecule has 0 N–H and O–H groups in total. The number of pyridine rings is 1. The van der Waals surface area contributed by atoms with Crippen molar-refractivity contribution in [3.63, 3.8) is 0 Å². The van der Waals surface area contributed by atoms with Gasteiger partial charge in [-0.2, -0.15) is 4.39 Å². The second-order valence-corrected chi connectivity index (χ2v) is 2.02. The number of aromatic nitrogens is 1. The Hall–Kier alpha value is -2.12. The van der Waals surface area contributed by atoms with E-state index in [4.69, 9.17) is 0 Å². The van der Waals surface area contributed by atoms with Crippen molar-refractivity contribution in [1.29, 1.82) is 0 Å². The molecular formula is C5H2FN3O4. The van der Waals surface area contributed by atoms with E-state index in [1.54, 1.807) is 0 Å². The van der Waals surface area contributed by atoms with Crippen LogP contribution in [0.25, 0.3) is 0 Å². The van der Waals surface area contributed by atoms with Crippen molar-refractivity contribution in [3.05, 3.63) is 38.3 Å². The molecule has 0 aliphatic heterocycles. The van der Waals surface area contributed by atoms with Crippen LogP contribution in [0.2, 0.25) is 0 Å². The fourth-order valence-electron chi connectivity index (χ4n) is 0.669. The highest BCUT2D eigenvalue weighted by Gasteiger charge is 2.19. The highest BCUT2D eigenvalue weighted by Crippen LogP contribution is 2.17. The first-order chi connectivity index (χ1) is 6.00. The van der Waals surface area contributed by atoms with Gasteiger partial charge in [0.05, 0.1) is 11.0 Å². The molecule has 0 fully saturated rings. The summed E-state index contributed by atoms with van der Waals surface area (Å²) in [6.07, 6.45) is 0. The Kier molecular flexibility index (Phi) is 2.13. The molecule has 0 atom stereocenters. The van der Waals surface area contributed by atoms with Crippen LogP contribution >= 0.6 is 0 Å². The van der Waals surface area contributed by atoms with E-state index in [9.17, 15) is 24.6 Å². The molecule has 0 spiro atoms. The molecular weight excluding hydrogens is 185 g/mol. The van der Waals surface area contributed by atoms with Crippen molar-refractivity contribution in [1.82, 2.24) is 4.98 Å². The van der Waals surface area contributed by atoms with Crippen LogP contribution in [-0.2, 0) is 0 Å². The number of rotatable bonds is 2. The van der Waals surface area contributed by atoms with Crippen LogP contribution in [0.3, 0.4) is 0 Å². The Balaban J connectivity index is 3.26. The lowest BCUT2D eigenvalue weighted by Crippen LogP contribution is -1.97. The van der Waals surface area contributed by atoms with E-state index in [2.05, 4.69) is 4.98 Å². The first-order valence-electron chi connectivity index (χ1n) is 2.97. The van der Waals surface area contributed by atoms with Gasteiger partial charge >= 0.3 is 11.8 Å². The largest absolute Gasteiger partial charge is 0.373 e. The van der Waals surface area contributed by atoms with Crippen molar-refractivity contribution < 1.29 is 14.2 Å². The first-order valence-corrected chi connectivity index (χ1v) is 2.97. The lowest BCUT2D eigenvalue weighted by molar-refractivity contribution is -0.397. The van der Waals surface area contributed by atoms with Crippen molar-refractivity contribution in [2.45, 2.75) is 0 Å². The molecule has 0 aliphatic rings. The quantitative estimate of drug-likeness (QED) is 0.391. The zero-order valence-corrected chi connectivity index (χ0v) is 6.01. The van der Waals surface area contributed by atoms with E-state index >= 15 is 0 Å². The van der Waals surface area contributed by atoms with Gasteiger partial charge in [0.1, 0.15) is 6.07 Å². The molecule has 0 saturated carbocycles. The minimum atomic E-state index is -1.25. The second kappa shape index (κ2) is 3.09. The van der Waals surface area contributed by atoms with E-state index in [0.717, 1.165) is 0 Å². The van der Waals surface area contributed by atoms with E-state index < -0.39 is 27.3 Å². The van der Waals surface area contributed by atoms with Crippen molar-refractivity contribution >= 4 is 11.5 Å². The smallest absolute Gasteiger partial charge is 0.358 e. The lowest BCUT2D eigenvalue weighted by atomic mass is 10.4. The van der Waals surface area contributed by atoms with Gasteiger partial charge in [0.2, 0.25) is 0 Å². The average Bonchev–Trinajstić information content (AvgIpc) is 2.03. The van der Waals surface area contributed by atoms with Crippen LogP contribution in [0.15, 0.2) is 12.1 Å². The van der Waals surface area contributed by atoms with Crippen LogP contribution in [0, 0.1) is 26.2 Å². The van der Waals surface area contributed by atoms with E-state index in [1.165, 1.54) is 0 Å². The van der Waals surface area contributed by atoms with Crippen LogP contribution in [-0.4, -0.2) is 14.8 Å². The first kappa shape index (κ1) is 8.97. The van der Waals surface area contributed by atoms with Crippen molar-refractivity contribution in [3.8, 4) is 0 Å². The molecule has 0 radical (unpaired) electrons. The van der Waals surface area contributed by atoms with Gasteiger partial charge in [-0.1, -0.05) is 0 Å². The number of hydrogen-bond donors (Lipinski definition) is 0. The normalized spacial score (nSPS) is 9.62. The molecule has 0 bridgehead atoms. The SMILES string of the molecule is O=[N+]([O-])c1cc(F)nc([N+](=O)[O-])c1. The van der Waals surface area contributed by atoms with Crippen LogP contribution < -0.4 is 0 Å². The van der Waals surface area contributed by atoms with Gasteiger partial charge in [-0.05, 0) is 9.91 Å². The Labute approximate surface area is 70.1 Å². The zero-order valence-electron chi connectivity index (χ0n) is 6.01. The second-order valence-electron chi connectivity index (χ2n) is 2.02. The molecule has 0 unspecified atom stereocenters. The Morgan fingerprint density at radius 2 is 1.85 bits per heavy atom. The van der Waals surface area contributed by atoms with E-state index in [1.807, 2.05) is 0 Å². The van der Waals surface area contributed by atoms with Gasteiger partial charge in [0, 0.05) is 0 Å². The minimum absolute atomic E-state index is 0.507. The molecule has 0 aromatic carbocycles. The maximum atomic E-state index is 12.4. The average molecular weight is 187 g/mol. The predicted octanol–water partition coefficient (Wildman–Crippen LogP) is 1.04. The molecule has 7 nitrogen and oxygen atoms in total. The van der Waals surface area contributed by atoms with Gasteiger partial charge < -0.3 is 10.1 Å². The third kappa shape index (κ3) is 1.92. The number of nitrogens with zero attached hydrogens (tertiary/aromatic N) is 3. The van der Waals surface area contributed by atoms with Crippen LogP contribution in [0.4, 0.5) is 15.9 Å². The molecule has 8 heteroatoms. The fourth-order valence-corrected chi connectivity index (χ4v) is 0.669. The van der Waals surface area contributed by atoms with Gasteiger partial charge in [-0.3, -0.25) is 10.1 Å². The molecule has 0 amide bonds. The van der Waals surface area contributed by atoms with Crippen molar-refractivity contribution in [2.75, 3.05) is 0 Å². The number of halogens is 1. The highest BCUT2D eigenvalue weighted by atomic mass is 19.1. The highest BCUT2D eigenvalue weighted by molar-refractivity contribution is 5.36. The summed E-state index contributed by atoms with van der Waals surface area (Å²) < 4.78 is 12.4. The number of nitro groups is 2. The van der Waals surface area contributed by atoms with Crippen LogP contribution in [0.1, 0.15) is 0 Å². The molecule has 1 heterocycles. The Morgan fingerprint density at radius 1 is 1.23 bits per heavy atom. The topological polar surface area (TPSA) is 99.2 Å². The monoisotopic (exact) mass is 187 g/mol. The van der Waals surface area contributed by atoms with Gasteiger partial charge in [-0.15, -0.1) is 0 Å². The van der Waals surface area contributed by atoms with Crippen LogP contribution in [0.5, 0.6) is 0 Å². The third-order valence-electron chi connectivity index (χ3n) is 1.16. The summed E-state index contributed by atoms with van der Waals surface area (Å²) in [6, 6.07) is 1.09. The molecule has 1 aromatic heterocycles. The molecule has 0 aliphatic carbocycles. The summed E-state index contributed by atoms with van der Waals surface area (Å²) in [6.45, 7) is 0. The summed E-state index contributed by atoms with van der Waals surface area (Å²) in [4.78, 5) is 21.1. The Bertz CT molecular complexity index is 348. The summed E-state index contributed by atoms with van der Waals surface area (Å²) in [5, 5.41) is 20.2. The summed E-state index contributed by atoms with van der Waals surface area (Å²) in [5.74, 6) is -2.13. The lowest BCUT2D eigenvalue weighted by Gasteiger charge is -1.91. The molecule has 1 aromatic rings. The van der Waals surface area contributed by atoms with Gasteiger partial charge in [0.15, 0.2) is 0 Å². The Morgan fingerprint density at radius 3 is 2.31 bits per heavy atom. The molecule has 13 heavy (non-hydrogen) atoms. The third-order valence-corrected chi connectivity index (χ3v) is 1.16.